The monoisotopic (exact) mass is 398 g/mol. The summed E-state index contributed by atoms with van der Waals surface area (Å²) in [6.45, 7) is 1.98. The van der Waals surface area contributed by atoms with E-state index in [-0.39, 0.29) is 5.69 Å². The van der Waals surface area contributed by atoms with Crippen LogP contribution in [0.3, 0.4) is 0 Å². The number of rotatable bonds is 4. The Bertz CT molecular complexity index is 801. The van der Waals surface area contributed by atoms with Gasteiger partial charge in [0.2, 0.25) is 0 Å². The highest BCUT2D eigenvalue weighted by Gasteiger charge is 2.41. The molecule has 2 aliphatic rings. The number of fused-ring (bicyclic) bond motifs is 1. The van der Waals surface area contributed by atoms with Gasteiger partial charge in [-0.15, -0.1) is 5.10 Å². The van der Waals surface area contributed by atoms with Crippen molar-refractivity contribution in [3.05, 3.63) is 33.9 Å². The van der Waals surface area contributed by atoms with Crippen LogP contribution in [0.2, 0.25) is 10.0 Å². The molecule has 1 saturated carbocycles. The summed E-state index contributed by atoms with van der Waals surface area (Å²) in [6.07, 6.45) is 2.11. The number of aromatic amines is 1. The van der Waals surface area contributed by atoms with E-state index < -0.39 is 5.97 Å². The largest absolute Gasteiger partial charge is 0.476 e. The number of carboxylic acids is 1. The van der Waals surface area contributed by atoms with Crippen LogP contribution in [0.1, 0.15) is 23.3 Å². The van der Waals surface area contributed by atoms with Crippen LogP contribution in [0.5, 0.6) is 0 Å². The fourth-order valence-electron chi connectivity index (χ4n) is 3.83. The van der Waals surface area contributed by atoms with Crippen LogP contribution in [-0.4, -0.2) is 44.8 Å². The van der Waals surface area contributed by atoms with Crippen LogP contribution >= 0.6 is 35.0 Å². The summed E-state index contributed by atoms with van der Waals surface area (Å²) in [5, 5.41) is 21.1. The second-order valence-corrected chi connectivity index (χ2v) is 8.64. The van der Waals surface area contributed by atoms with Crippen LogP contribution in [0.4, 0.5) is 5.69 Å². The van der Waals surface area contributed by atoms with Crippen molar-refractivity contribution in [2.75, 3.05) is 18.0 Å². The van der Waals surface area contributed by atoms with Gasteiger partial charge in [-0.05, 0) is 42.9 Å². The zero-order valence-corrected chi connectivity index (χ0v) is 15.5. The third kappa shape index (κ3) is 3.32. The number of carboxylic acid groups (broad SMARTS) is 1. The Hall–Kier alpha value is -1.44. The molecule has 1 aliphatic heterocycles. The molecule has 6 nitrogen and oxygen atoms in total. The van der Waals surface area contributed by atoms with Crippen molar-refractivity contribution in [1.82, 2.24) is 15.4 Å². The lowest BCUT2D eigenvalue weighted by Gasteiger charge is -2.21. The molecule has 2 N–H and O–H groups in total. The maximum absolute atomic E-state index is 11.2. The maximum atomic E-state index is 11.2. The molecule has 3 atom stereocenters. The van der Waals surface area contributed by atoms with E-state index in [1.165, 1.54) is 11.8 Å². The van der Waals surface area contributed by atoms with Gasteiger partial charge in [-0.1, -0.05) is 40.2 Å². The molecule has 1 unspecified atom stereocenters. The number of aromatic nitrogens is 3. The molecule has 25 heavy (non-hydrogen) atoms. The van der Waals surface area contributed by atoms with Crippen LogP contribution in [0, 0.1) is 11.8 Å². The van der Waals surface area contributed by atoms with Gasteiger partial charge in [0.25, 0.3) is 0 Å². The van der Waals surface area contributed by atoms with Crippen molar-refractivity contribution < 1.29 is 9.90 Å². The van der Waals surface area contributed by atoms with Crippen LogP contribution in [-0.2, 0) is 0 Å². The lowest BCUT2D eigenvalue weighted by atomic mass is 10.0. The molecule has 1 aromatic carbocycles. The van der Waals surface area contributed by atoms with Crippen LogP contribution in [0.25, 0.3) is 0 Å². The molecule has 0 amide bonds. The van der Waals surface area contributed by atoms with Gasteiger partial charge in [-0.2, -0.15) is 0 Å². The van der Waals surface area contributed by atoms with Crippen molar-refractivity contribution in [3.8, 4) is 0 Å². The molecule has 0 radical (unpaired) electrons. The number of benzene rings is 1. The van der Waals surface area contributed by atoms with Gasteiger partial charge in [0.15, 0.2) is 10.7 Å². The number of halogens is 2. The number of carbonyl (C=O) groups is 1. The summed E-state index contributed by atoms with van der Waals surface area (Å²) < 4.78 is 0. The maximum Gasteiger partial charge on any atom is 0.356 e. The van der Waals surface area contributed by atoms with Crippen molar-refractivity contribution in [2.45, 2.75) is 23.1 Å². The molecule has 132 valence electrons. The number of hydrogen-bond acceptors (Lipinski definition) is 5. The lowest BCUT2D eigenvalue weighted by molar-refractivity contribution is 0.0686. The van der Waals surface area contributed by atoms with Gasteiger partial charge in [0.05, 0.1) is 10.0 Å². The summed E-state index contributed by atoms with van der Waals surface area (Å²) in [5.74, 6) is 0.191. The fraction of sp³-hybridized carbons (Fsp3) is 0.438. The molecule has 2 fully saturated rings. The Balaban J connectivity index is 1.39. The van der Waals surface area contributed by atoms with E-state index in [1.807, 2.05) is 18.2 Å². The molecule has 1 saturated heterocycles. The van der Waals surface area contributed by atoms with E-state index in [4.69, 9.17) is 28.3 Å². The molecular formula is C16H16Cl2N4O2S. The first kappa shape index (κ1) is 17.0. The zero-order valence-electron chi connectivity index (χ0n) is 13.2. The van der Waals surface area contributed by atoms with Gasteiger partial charge in [-0.25, -0.2) is 4.79 Å². The summed E-state index contributed by atoms with van der Waals surface area (Å²) >= 11 is 13.7. The van der Waals surface area contributed by atoms with E-state index in [0.717, 1.165) is 31.6 Å². The highest BCUT2D eigenvalue weighted by molar-refractivity contribution is 7.99. The minimum atomic E-state index is -1.02. The van der Waals surface area contributed by atoms with E-state index in [0.29, 0.717) is 32.2 Å². The topological polar surface area (TPSA) is 82.1 Å². The predicted molar refractivity (Wildman–Crippen MR) is 97.9 cm³/mol. The minimum Gasteiger partial charge on any atom is -0.476 e. The second kappa shape index (κ2) is 6.70. The Labute approximate surface area is 158 Å². The van der Waals surface area contributed by atoms with Gasteiger partial charge in [0, 0.05) is 24.0 Å². The number of aromatic carboxylic acids is 1. The molecule has 0 bridgehead atoms. The minimum absolute atomic E-state index is 0.0829. The summed E-state index contributed by atoms with van der Waals surface area (Å²) in [5.41, 5.74) is 1.19. The van der Waals surface area contributed by atoms with Crippen molar-refractivity contribution in [1.29, 1.82) is 0 Å². The highest BCUT2D eigenvalue weighted by atomic mass is 35.5. The third-order valence-electron chi connectivity index (χ3n) is 4.98. The quantitative estimate of drug-likeness (QED) is 0.814. The predicted octanol–water partition coefficient (Wildman–Crippen LogP) is 3.82. The Morgan fingerprint density at radius 1 is 1.24 bits per heavy atom. The van der Waals surface area contributed by atoms with E-state index in [9.17, 15) is 4.79 Å². The standard InChI is InChI=1S/C16H16Cl2N4O2S/c17-12-2-1-10(5-13(12)18)22-6-8-3-11(4-9(8)7-22)25-15-14(16(23)24)19-21-20-15/h1-2,5,8-9,11H,3-4,6-7H2,(H,23,24)(H,19,20,21)/t8-,9?,11+/m1/s1. The van der Waals surface area contributed by atoms with Gasteiger partial charge in [0.1, 0.15) is 0 Å². The van der Waals surface area contributed by atoms with E-state index in [2.05, 4.69) is 20.3 Å². The first-order valence-corrected chi connectivity index (χ1v) is 9.66. The number of nitrogens with zero attached hydrogens (tertiary/aromatic N) is 3. The summed E-state index contributed by atoms with van der Waals surface area (Å²) in [7, 11) is 0. The molecule has 1 aromatic heterocycles. The Kier molecular flexibility index (Phi) is 4.56. The number of hydrogen-bond donors (Lipinski definition) is 2. The molecule has 0 spiro atoms. The Morgan fingerprint density at radius 3 is 2.60 bits per heavy atom. The lowest BCUT2D eigenvalue weighted by Crippen LogP contribution is -2.22. The first-order chi connectivity index (χ1) is 12.0. The van der Waals surface area contributed by atoms with Crippen molar-refractivity contribution >= 4 is 46.6 Å². The molecule has 2 aromatic rings. The Morgan fingerprint density at radius 2 is 1.96 bits per heavy atom. The normalized spacial score (nSPS) is 25.4. The molecule has 4 rings (SSSR count). The molecule has 1 aliphatic carbocycles. The van der Waals surface area contributed by atoms with Crippen LogP contribution < -0.4 is 4.90 Å². The SMILES string of the molecule is O=C(O)c1[nH]nnc1S[C@@H]1CC2CN(c3ccc(Cl)c(Cl)c3)C[C@H]2C1. The summed E-state index contributed by atoms with van der Waals surface area (Å²) in [6, 6.07) is 5.77. The zero-order chi connectivity index (χ0) is 17.6. The van der Waals surface area contributed by atoms with Gasteiger partial charge in [-0.3, -0.25) is 5.10 Å². The average molecular weight is 399 g/mol. The number of thioether (sulfide) groups is 1. The smallest absolute Gasteiger partial charge is 0.356 e. The van der Waals surface area contributed by atoms with Crippen molar-refractivity contribution in [3.63, 3.8) is 0 Å². The molecule has 9 heteroatoms. The molecule has 2 heterocycles. The van der Waals surface area contributed by atoms with Gasteiger partial charge >= 0.3 is 5.97 Å². The number of nitrogens with one attached hydrogen (secondary N) is 1. The average Bonchev–Trinajstić information content (AvgIpc) is 3.24. The summed E-state index contributed by atoms with van der Waals surface area (Å²) in [4.78, 5) is 13.5. The van der Waals surface area contributed by atoms with E-state index in [1.54, 1.807) is 0 Å². The highest BCUT2D eigenvalue weighted by Crippen LogP contribution is 2.46. The van der Waals surface area contributed by atoms with E-state index >= 15 is 0 Å². The second-order valence-electron chi connectivity index (χ2n) is 6.53. The fourth-order valence-corrected chi connectivity index (χ4v) is 5.46. The first-order valence-electron chi connectivity index (χ1n) is 8.02. The van der Waals surface area contributed by atoms with Crippen molar-refractivity contribution in [2.24, 2.45) is 11.8 Å². The third-order valence-corrected chi connectivity index (χ3v) is 6.95. The molecular weight excluding hydrogens is 383 g/mol. The van der Waals surface area contributed by atoms with Gasteiger partial charge < -0.3 is 10.0 Å². The van der Waals surface area contributed by atoms with Crippen LogP contribution in [0.15, 0.2) is 23.2 Å². The number of H-pyrrole nitrogens is 1. The number of anilines is 1.